The van der Waals surface area contributed by atoms with Crippen molar-refractivity contribution in [3.8, 4) is 0 Å². The summed E-state index contributed by atoms with van der Waals surface area (Å²) in [5.41, 5.74) is -0.996. The van der Waals surface area contributed by atoms with Crippen LogP contribution >= 0.6 is 0 Å². The van der Waals surface area contributed by atoms with Gasteiger partial charge in [-0.15, -0.1) is 0 Å². The number of carbonyl (C=O) groups excluding carboxylic acids is 4. The second-order valence-electron chi connectivity index (χ2n) is 6.82. The van der Waals surface area contributed by atoms with Gasteiger partial charge in [-0.3, -0.25) is 19.3 Å². The predicted molar refractivity (Wildman–Crippen MR) is 104 cm³/mol. The van der Waals surface area contributed by atoms with E-state index in [-0.39, 0.29) is 18.9 Å². The minimum Gasteiger partial charge on any atom is -0.354 e. The molecule has 1 aliphatic rings. The molecular formula is C20H20FN5O4. The van der Waals surface area contributed by atoms with E-state index in [9.17, 15) is 23.6 Å². The Balaban J connectivity index is 1.51. The lowest BCUT2D eigenvalue weighted by Crippen LogP contribution is -2.43. The second kappa shape index (κ2) is 8.68. The third kappa shape index (κ3) is 4.59. The highest BCUT2D eigenvalue weighted by Crippen LogP contribution is 2.28. The molecule has 1 aromatic carbocycles. The largest absolute Gasteiger partial charge is 0.354 e. The van der Waals surface area contributed by atoms with Crippen molar-refractivity contribution in [3.63, 3.8) is 0 Å². The summed E-state index contributed by atoms with van der Waals surface area (Å²) in [6.07, 6.45) is 1.53. The zero-order valence-electron chi connectivity index (χ0n) is 16.1. The van der Waals surface area contributed by atoms with Crippen LogP contribution in [0.2, 0.25) is 0 Å². The summed E-state index contributed by atoms with van der Waals surface area (Å²) in [5, 5.41) is 7.61. The van der Waals surface area contributed by atoms with Crippen molar-refractivity contribution in [3.05, 3.63) is 60.0 Å². The van der Waals surface area contributed by atoms with Gasteiger partial charge < -0.3 is 16.0 Å². The number of nitrogens with one attached hydrogen (secondary N) is 3. The lowest BCUT2D eigenvalue weighted by molar-refractivity contribution is -0.134. The first-order valence-electron chi connectivity index (χ1n) is 9.17. The molecule has 0 aliphatic carbocycles. The minimum atomic E-state index is -1.40. The number of hydrogen-bond acceptors (Lipinski definition) is 5. The van der Waals surface area contributed by atoms with Crippen molar-refractivity contribution >= 4 is 29.6 Å². The van der Waals surface area contributed by atoms with E-state index in [1.54, 1.807) is 18.2 Å². The molecule has 0 bridgehead atoms. The standard InChI is InChI=1S/C20H20FN5O4/c1-20(13-5-7-14(21)8-6-13)18(29)26(19(30)25-20)12-17(28)23-11-9-16(27)24-15-4-2-3-10-22-15/h2-8,10H,9,11-12H2,1H3,(H,23,28)(H,25,30)(H,22,24,27). The zero-order valence-corrected chi connectivity index (χ0v) is 16.1. The number of halogens is 1. The molecule has 5 amide bonds. The number of amides is 5. The lowest BCUT2D eigenvalue weighted by atomic mass is 9.92. The Morgan fingerprint density at radius 2 is 1.87 bits per heavy atom. The van der Waals surface area contributed by atoms with Gasteiger partial charge in [0.2, 0.25) is 11.8 Å². The smallest absolute Gasteiger partial charge is 0.325 e. The molecule has 1 aromatic heterocycles. The first-order chi connectivity index (χ1) is 14.3. The summed E-state index contributed by atoms with van der Waals surface area (Å²) in [6, 6.07) is 9.52. The summed E-state index contributed by atoms with van der Waals surface area (Å²) in [5.74, 6) is -1.63. The molecule has 156 valence electrons. The number of imide groups is 1. The third-order valence-corrected chi connectivity index (χ3v) is 4.60. The molecule has 0 saturated carbocycles. The van der Waals surface area contributed by atoms with Crippen molar-refractivity contribution in [1.82, 2.24) is 20.5 Å². The van der Waals surface area contributed by atoms with E-state index in [2.05, 4.69) is 20.9 Å². The van der Waals surface area contributed by atoms with Crippen LogP contribution in [0.25, 0.3) is 0 Å². The van der Waals surface area contributed by atoms with Crippen LogP contribution in [0.5, 0.6) is 0 Å². The van der Waals surface area contributed by atoms with E-state index in [1.165, 1.54) is 37.4 Å². The van der Waals surface area contributed by atoms with Crippen LogP contribution in [-0.2, 0) is 19.9 Å². The number of urea groups is 1. The highest BCUT2D eigenvalue weighted by molar-refractivity contribution is 6.09. The monoisotopic (exact) mass is 413 g/mol. The molecule has 10 heteroatoms. The Morgan fingerprint density at radius 3 is 2.53 bits per heavy atom. The normalized spacial score (nSPS) is 18.1. The number of aromatic nitrogens is 1. The van der Waals surface area contributed by atoms with Gasteiger partial charge in [0.05, 0.1) is 0 Å². The van der Waals surface area contributed by atoms with Crippen molar-refractivity contribution < 1.29 is 23.6 Å². The molecular weight excluding hydrogens is 393 g/mol. The van der Waals surface area contributed by atoms with Crippen LogP contribution < -0.4 is 16.0 Å². The van der Waals surface area contributed by atoms with E-state index < -0.39 is 35.7 Å². The minimum absolute atomic E-state index is 0.00421. The fourth-order valence-electron chi connectivity index (χ4n) is 2.98. The maximum absolute atomic E-state index is 13.2. The average molecular weight is 413 g/mol. The van der Waals surface area contributed by atoms with Gasteiger partial charge in [-0.2, -0.15) is 0 Å². The SMILES string of the molecule is CC1(c2ccc(F)cc2)NC(=O)N(CC(=O)NCCC(=O)Nc2ccccn2)C1=O. The molecule has 3 N–H and O–H groups in total. The number of nitrogens with zero attached hydrogens (tertiary/aromatic N) is 2. The van der Waals surface area contributed by atoms with E-state index in [0.29, 0.717) is 11.4 Å². The molecule has 1 saturated heterocycles. The Bertz CT molecular complexity index is 967. The van der Waals surface area contributed by atoms with Crippen LogP contribution in [0.3, 0.4) is 0 Å². The Hall–Kier alpha value is -3.82. The number of pyridine rings is 1. The quantitative estimate of drug-likeness (QED) is 0.588. The van der Waals surface area contributed by atoms with Crippen LogP contribution in [0.4, 0.5) is 15.0 Å². The van der Waals surface area contributed by atoms with Gasteiger partial charge >= 0.3 is 6.03 Å². The molecule has 30 heavy (non-hydrogen) atoms. The number of anilines is 1. The molecule has 0 radical (unpaired) electrons. The van der Waals surface area contributed by atoms with E-state index in [0.717, 1.165) is 4.90 Å². The van der Waals surface area contributed by atoms with Gasteiger partial charge in [0.1, 0.15) is 23.7 Å². The molecule has 1 aliphatic heterocycles. The second-order valence-corrected chi connectivity index (χ2v) is 6.82. The molecule has 1 fully saturated rings. The highest BCUT2D eigenvalue weighted by Gasteiger charge is 2.49. The van der Waals surface area contributed by atoms with Gasteiger partial charge in [-0.1, -0.05) is 18.2 Å². The zero-order chi connectivity index (χ0) is 21.7. The summed E-state index contributed by atoms with van der Waals surface area (Å²) in [4.78, 5) is 53.7. The number of carbonyl (C=O) groups is 4. The molecule has 9 nitrogen and oxygen atoms in total. The Labute approximate surface area is 171 Å². The van der Waals surface area contributed by atoms with Crippen LogP contribution in [-0.4, -0.2) is 46.7 Å². The molecule has 1 unspecified atom stereocenters. The molecule has 3 rings (SSSR count). The van der Waals surface area contributed by atoms with Crippen molar-refractivity contribution in [2.45, 2.75) is 18.9 Å². The highest BCUT2D eigenvalue weighted by atomic mass is 19.1. The fourth-order valence-corrected chi connectivity index (χ4v) is 2.98. The Kier molecular flexibility index (Phi) is 6.05. The van der Waals surface area contributed by atoms with E-state index >= 15 is 0 Å². The Morgan fingerprint density at radius 1 is 1.13 bits per heavy atom. The summed E-state index contributed by atoms with van der Waals surface area (Å²) < 4.78 is 13.2. The van der Waals surface area contributed by atoms with Crippen LogP contribution in [0.1, 0.15) is 18.9 Å². The lowest BCUT2D eigenvalue weighted by Gasteiger charge is -2.22. The summed E-state index contributed by atoms with van der Waals surface area (Å²) in [6.45, 7) is 1.01. The molecule has 1 atom stereocenters. The van der Waals surface area contributed by atoms with Crippen LogP contribution in [0, 0.1) is 5.82 Å². The molecule has 2 heterocycles. The first-order valence-corrected chi connectivity index (χ1v) is 9.17. The third-order valence-electron chi connectivity index (χ3n) is 4.60. The van der Waals surface area contributed by atoms with Gasteiger partial charge in [0.25, 0.3) is 5.91 Å². The van der Waals surface area contributed by atoms with Gasteiger partial charge in [-0.25, -0.2) is 14.2 Å². The van der Waals surface area contributed by atoms with Gasteiger partial charge in [0, 0.05) is 19.2 Å². The number of rotatable bonds is 7. The van der Waals surface area contributed by atoms with Gasteiger partial charge in [0.15, 0.2) is 0 Å². The number of hydrogen-bond donors (Lipinski definition) is 3. The van der Waals surface area contributed by atoms with E-state index in [4.69, 9.17) is 0 Å². The fraction of sp³-hybridized carbons (Fsp3) is 0.250. The van der Waals surface area contributed by atoms with Gasteiger partial charge in [-0.05, 0) is 36.8 Å². The van der Waals surface area contributed by atoms with Crippen molar-refractivity contribution in [1.29, 1.82) is 0 Å². The summed E-state index contributed by atoms with van der Waals surface area (Å²) in [7, 11) is 0. The topological polar surface area (TPSA) is 120 Å². The average Bonchev–Trinajstić information content (AvgIpc) is 2.93. The summed E-state index contributed by atoms with van der Waals surface area (Å²) >= 11 is 0. The number of benzene rings is 1. The maximum atomic E-state index is 13.2. The molecule has 2 aromatic rings. The maximum Gasteiger partial charge on any atom is 0.325 e. The molecule has 0 spiro atoms. The predicted octanol–water partition coefficient (Wildman–Crippen LogP) is 1.13. The van der Waals surface area contributed by atoms with Crippen molar-refractivity contribution in [2.24, 2.45) is 0 Å². The van der Waals surface area contributed by atoms with E-state index in [1.807, 2.05) is 0 Å². The first kappa shape index (κ1) is 20.9. The van der Waals surface area contributed by atoms with Crippen LogP contribution in [0.15, 0.2) is 48.7 Å². The van der Waals surface area contributed by atoms with Crippen molar-refractivity contribution in [2.75, 3.05) is 18.4 Å².